The number of hydrogen-bond donors (Lipinski definition) is 2. The van der Waals surface area contributed by atoms with Crippen LogP contribution in [0.5, 0.6) is 0 Å². The molecule has 0 atom stereocenters. The largest absolute Gasteiger partial charge is 0.335 e. The fourth-order valence-corrected chi connectivity index (χ4v) is 3.36. The summed E-state index contributed by atoms with van der Waals surface area (Å²) in [6.07, 6.45) is 3.66. The van der Waals surface area contributed by atoms with Gasteiger partial charge in [0.2, 0.25) is 5.91 Å². The highest BCUT2D eigenvalue weighted by Crippen LogP contribution is 2.31. The van der Waals surface area contributed by atoms with Gasteiger partial charge in [-0.1, -0.05) is 48.0 Å². The Bertz CT molecular complexity index is 1160. The number of hydrogen-bond acceptors (Lipinski definition) is 3. The molecule has 1 aliphatic carbocycles. The summed E-state index contributed by atoms with van der Waals surface area (Å²) in [6, 6.07) is 17.8. The zero-order chi connectivity index (χ0) is 19.1. The number of rotatable bonds is 4. The lowest BCUT2D eigenvalue weighted by molar-refractivity contribution is -0.117. The van der Waals surface area contributed by atoms with Gasteiger partial charge in [-0.15, -0.1) is 0 Å². The molecule has 0 aliphatic heterocycles. The van der Waals surface area contributed by atoms with Crippen molar-refractivity contribution in [3.63, 3.8) is 0 Å². The number of imidazole rings is 1. The zero-order valence-electron chi connectivity index (χ0n) is 14.9. The number of pyridine rings is 1. The fourth-order valence-electron chi connectivity index (χ4n) is 3.17. The minimum absolute atomic E-state index is 0.123. The van der Waals surface area contributed by atoms with E-state index >= 15 is 0 Å². The van der Waals surface area contributed by atoms with Crippen molar-refractivity contribution in [1.82, 2.24) is 15.0 Å². The third-order valence-corrected chi connectivity index (χ3v) is 5.25. The Morgan fingerprint density at radius 2 is 1.61 bits per heavy atom. The molecule has 2 heterocycles. The molecule has 2 aromatic heterocycles. The minimum atomic E-state index is 0.123. The molecule has 0 unspecified atom stereocenters. The normalized spacial score (nSPS) is 13.6. The van der Waals surface area contributed by atoms with Gasteiger partial charge in [0.25, 0.3) is 0 Å². The second kappa shape index (κ2) is 6.77. The summed E-state index contributed by atoms with van der Waals surface area (Å²) in [5.41, 5.74) is 5.33. The van der Waals surface area contributed by atoms with Crippen LogP contribution < -0.4 is 5.32 Å². The number of aromatic nitrogens is 3. The van der Waals surface area contributed by atoms with Crippen LogP contribution in [-0.2, 0) is 4.79 Å². The first-order valence-electron chi connectivity index (χ1n) is 9.19. The van der Waals surface area contributed by atoms with Crippen molar-refractivity contribution in [2.24, 2.45) is 5.92 Å². The van der Waals surface area contributed by atoms with E-state index in [1.54, 1.807) is 12.3 Å². The number of amides is 1. The van der Waals surface area contributed by atoms with Gasteiger partial charge < -0.3 is 10.3 Å². The number of benzene rings is 2. The molecule has 0 bridgehead atoms. The van der Waals surface area contributed by atoms with Gasteiger partial charge in [-0.25, -0.2) is 9.97 Å². The smallest absolute Gasteiger partial charge is 0.227 e. The Morgan fingerprint density at radius 3 is 2.25 bits per heavy atom. The number of H-pyrrole nitrogens is 1. The van der Waals surface area contributed by atoms with Gasteiger partial charge in [-0.3, -0.25) is 4.79 Å². The highest BCUT2D eigenvalue weighted by Gasteiger charge is 2.29. The first kappa shape index (κ1) is 17.0. The quantitative estimate of drug-likeness (QED) is 0.498. The van der Waals surface area contributed by atoms with Crippen LogP contribution in [0.15, 0.2) is 60.8 Å². The second-order valence-corrected chi connectivity index (χ2v) is 7.40. The molecule has 0 saturated heterocycles. The van der Waals surface area contributed by atoms with E-state index in [1.165, 1.54) is 0 Å². The monoisotopic (exact) mass is 388 g/mol. The number of halogens is 1. The average Bonchev–Trinajstić information content (AvgIpc) is 3.48. The van der Waals surface area contributed by atoms with E-state index in [4.69, 9.17) is 11.6 Å². The maximum absolute atomic E-state index is 11.9. The molecule has 2 aromatic carbocycles. The van der Waals surface area contributed by atoms with Crippen molar-refractivity contribution in [1.29, 1.82) is 0 Å². The number of carbonyl (C=O) groups is 1. The molecule has 0 spiro atoms. The number of anilines is 1. The third kappa shape index (κ3) is 3.25. The first-order chi connectivity index (χ1) is 13.7. The van der Waals surface area contributed by atoms with Gasteiger partial charge in [0.05, 0.1) is 5.02 Å². The third-order valence-electron chi connectivity index (χ3n) is 4.93. The molecule has 1 aliphatic rings. The molecule has 138 valence electrons. The summed E-state index contributed by atoms with van der Waals surface area (Å²) in [4.78, 5) is 23.8. The van der Waals surface area contributed by atoms with Crippen LogP contribution >= 0.6 is 11.6 Å². The zero-order valence-corrected chi connectivity index (χ0v) is 15.7. The molecule has 1 saturated carbocycles. The van der Waals surface area contributed by atoms with Gasteiger partial charge in [-0.05, 0) is 42.2 Å². The molecule has 0 radical (unpaired) electrons. The lowest BCUT2D eigenvalue weighted by Crippen LogP contribution is -2.12. The molecule has 4 aromatic rings. The molecule has 6 heteroatoms. The Morgan fingerprint density at radius 1 is 0.964 bits per heavy atom. The molecule has 5 rings (SSSR count). The van der Waals surface area contributed by atoms with Gasteiger partial charge in [0.15, 0.2) is 5.65 Å². The predicted octanol–water partition coefficient (Wildman–Crippen LogP) is 5.29. The average molecular weight is 389 g/mol. The van der Waals surface area contributed by atoms with E-state index in [-0.39, 0.29) is 11.8 Å². The van der Waals surface area contributed by atoms with Crippen molar-refractivity contribution in [2.75, 3.05) is 5.32 Å². The van der Waals surface area contributed by atoms with Gasteiger partial charge in [0.1, 0.15) is 11.3 Å². The van der Waals surface area contributed by atoms with Gasteiger partial charge in [0, 0.05) is 23.4 Å². The standard InChI is InChI=1S/C22H17ClN4O/c23-18-11-12-24-21-19(18)26-20(27-21)15-3-1-13(2-4-15)14-7-9-17(10-8-14)25-22(28)16-5-6-16/h1-4,7-12,16H,5-6H2,(H,25,28)(H,24,26,27). The highest BCUT2D eigenvalue weighted by atomic mass is 35.5. The second-order valence-electron chi connectivity index (χ2n) is 7.00. The van der Waals surface area contributed by atoms with E-state index < -0.39 is 0 Å². The number of aromatic amines is 1. The van der Waals surface area contributed by atoms with E-state index in [0.29, 0.717) is 10.7 Å². The van der Waals surface area contributed by atoms with Crippen molar-refractivity contribution in [2.45, 2.75) is 12.8 Å². The van der Waals surface area contributed by atoms with Crippen molar-refractivity contribution < 1.29 is 4.79 Å². The van der Waals surface area contributed by atoms with Crippen LogP contribution in [-0.4, -0.2) is 20.9 Å². The molecule has 1 amide bonds. The predicted molar refractivity (Wildman–Crippen MR) is 111 cm³/mol. The summed E-state index contributed by atoms with van der Waals surface area (Å²) in [7, 11) is 0. The van der Waals surface area contributed by atoms with Crippen LogP contribution in [0, 0.1) is 5.92 Å². The molecule has 5 nitrogen and oxygen atoms in total. The highest BCUT2D eigenvalue weighted by molar-refractivity contribution is 6.34. The molecular weight excluding hydrogens is 372 g/mol. The Kier molecular flexibility index (Phi) is 4.10. The minimum Gasteiger partial charge on any atom is -0.335 e. The maximum Gasteiger partial charge on any atom is 0.227 e. The Labute approximate surface area is 166 Å². The lowest BCUT2D eigenvalue weighted by atomic mass is 10.0. The molecule has 2 N–H and O–H groups in total. The van der Waals surface area contributed by atoms with Crippen molar-refractivity contribution in [3.05, 3.63) is 65.8 Å². The van der Waals surface area contributed by atoms with Crippen molar-refractivity contribution in [3.8, 4) is 22.5 Å². The summed E-state index contributed by atoms with van der Waals surface area (Å²) in [5.74, 6) is 1.06. The summed E-state index contributed by atoms with van der Waals surface area (Å²) < 4.78 is 0. The van der Waals surface area contributed by atoms with Crippen LogP contribution in [0.3, 0.4) is 0 Å². The molecule has 1 fully saturated rings. The topological polar surface area (TPSA) is 70.7 Å². The number of nitrogens with zero attached hydrogens (tertiary/aromatic N) is 2. The van der Waals surface area contributed by atoms with Crippen LogP contribution in [0.2, 0.25) is 5.02 Å². The number of fused-ring (bicyclic) bond motifs is 1. The van der Waals surface area contributed by atoms with Crippen molar-refractivity contribution >= 4 is 34.4 Å². The summed E-state index contributed by atoms with van der Waals surface area (Å²) in [6.45, 7) is 0. The summed E-state index contributed by atoms with van der Waals surface area (Å²) >= 11 is 6.19. The van der Waals surface area contributed by atoms with Crippen LogP contribution in [0.4, 0.5) is 5.69 Å². The first-order valence-corrected chi connectivity index (χ1v) is 9.57. The van der Waals surface area contributed by atoms with E-state index in [0.717, 1.165) is 46.6 Å². The van der Waals surface area contributed by atoms with E-state index in [1.807, 2.05) is 36.4 Å². The van der Waals surface area contributed by atoms with Crippen LogP contribution in [0.1, 0.15) is 12.8 Å². The van der Waals surface area contributed by atoms with E-state index in [2.05, 4.69) is 32.4 Å². The van der Waals surface area contributed by atoms with Gasteiger partial charge >= 0.3 is 0 Å². The molecule has 28 heavy (non-hydrogen) atoms. The Balaban J connectivity index is 1.36. The number of carbonyl (C=O) groups excluding carboxylic acids is 1. The lowest BCUT2D eigenvalue weighted by Gasteiger charge is -2.07. The Hall–Kier alpha value is -3.18. The SMILES string of the molecule is O=C(Nc1ccc(-c2ccc(-c3nc4nccc(Cl)c4[nH]3)cc2)cc1)C1CC1. The fraction of sp³-hybridized carbons (Fsp3) is 0.136. The maximum atomic E-state index is 11.9. The molecular formula is C22H17ClN4O. The van der Waals surface area contributed by atoms with Gasteiger partial charge in [-0.2, -0.15) is 0 Å². The van der Waals surface area contributed by atoms with Crippen LogP contribution in [0.25, 0.3) is 33.7 Å². The van der Waals surface area contributed by atoms with E-state index in [9.17, 15) is 4.79 Å². The summed E-state index contributed by atoms with van der Waals surface area (Å²) in [5, 5.41) is 3.57. The number of nitrogens with one attached hydrogen (secondary N) is 2.